The van der Waals surface area contributed by atoms with Gasteiger partial charge in [0.2, 0.25) is 0 Å². The van der Waals surface area contributed by atoms with Crippen LogP contribution in [0.4, 0.5) is 17.6 Å². The number of pyridine rings is 1. The van der Waals surface area contributed by atoms with Gasteiger partial charge in [-0.2, -0.15) is 13.2 Å². The number of carbonyl (C=O) groups is 1. The van der Waals surface area contributed by atoms with Gasteiger partial charge in [0.1, 0.15) is 0 Å². The second kappa shape index (κ2) is 18.7. The zero-order valence-electron chi connectivity index (χ0n) is 33.6. The normalized spacial score (nSPS) is 12.6. The Bertz CT molecular complexity index is 2100. The van der Waals surface area contributed by atoms with Gasteiger partial charge in [-0.15, -0.1) is 34.4 Å². The average Bonchev–Trinajstić information content (AvgIpc) is 3.44. The number of aliphatic hydroxyl groups is 1. The molecule has 0 spiro atoms. The summed E-state index contributed by atoms with van der Waals surface area (Å²) in [6.07, 6.45) is 2.34. The van der Waals surface area contributed by atoms with Gasteiger partial charge in [-0.1, -0.05) is 110 Å². The van der Waals surface area contributed by atoms with E-state index in [1.54, 1.807) is 29.7 Å². The summed E-state index contributed by atoms with van der Waals surface area (Å²) in [5, 5.41) is 12.5. The third-order valence-electron chi connectivity index (χ3n) is 10.5. The number of allylic oxidation sites excluding steroid dienone is 2. The van der Waals surface area contributed by atoms with Crippen LogP contribution in [0, 0.1) is 36.1 Å². The molecule has 0 fully saturated rings. The van der Waals surface area contributed by atoms with Crippen LogP contribution in [0.15, 0.2) is 72.6 Å². The minimum atomic E-state index is -4.27. The molecule has 1 N–H and O–H groups in total. The van der Waals surface area contributed by atoms with Gasteiger partial charge in [-0.25, -0.2) is 4.39 Å². The maximum absolute atomic E-state index is 14.2. The molecule has 0 amide bonds. The van der Waals surface area contributed by atoms with Gasteiger partial charge in [0.25, 0.3) is 0 Å². The van der Waals surface area contributed by atoms with E-state index >= 15 is 0 Å². The first kappa shape index (κ1) is 46.0. The van der Waals surface area contributed by atoms with E-state index in [-0.39, 0.29) is 61.1 Å². The van der Waals surface area contributed by atoms with Crippen molar-refractivity contribution < 1.29 is 47.6 Å². The predicted molar refractivity (Wildman–Crippen MR) is 218 cm³/mol. The van der Waals surface area contributed by atoms with Gasteiger partial charge in [-0.3, -0.25) is 9.78 Å². The molecule has 5 rings (SSSR count). The van der Waals surface area contributed by atoms with E-state index in [4.69, 9.17) is 4.98 Å². The molecule has 0 saturated heterocycles. The molecule has 0 unspecified atom stereocenters. The summed E-state index contributed by atoms with van der Waals surface area (Å²) < 4.78 is 55.3. The van der Waals surface area contributed by atoms with Crippen LogP contribution in [-0.2, 0) is 36.7 Å². The third-order valence-corrected chi connectivity index (χ3v) is 11.8. The summed E-state index contributed by atoms with van der Waals surface area (Å²) >= 11 is 1.61. The van der Waals surface area contributed by atoms with Crippen LogP contribution in [0.3, 0.4) is 0 Å². The van der Waals surface area contributed by atoms with Gasteiger partial charge in [0.05, 0.1) is 17.0 Å². The summed E-state index contributed by atoms with van der Waals surface area (Å²) in [5.41, 5.74) is 3.40. The number of aromatic nitrogens is 1. The first-order chi connectivity index (χ1) is 25.3. The number of carbonyl (C=O) groups excluding carboxylic acids is 1. The Morgan fingerprint density at radius 3 is 2.02 bits per heavy atom. The zero-order valence-corrected chi connectivity index (χ0v) is 36.8. The van der Waals surface area contributed by atoms with Crippen LogP contribution >= 0.6 is 11.3 Å². The largest absolute Gasteiger partial charge is 0.512 e. The van der Waals surface area contributed by atoms with Crippen molar-refractivity contribution in [3.63, 3.8) is 0 Å². The quantitative estimate of drug-likeness (QED) is 0.0621. The van der Waals surface area contributed by atoms with Gasteiger partial charge in [-0.05, 0) is 78.7 Å². The second-order valence-electron chi connectivity index (χ2n) is 15.9. The monoisotopic (exact) mass is 953 g/mol. The molecule has 0 atom stereocenters. The number of nitrogens with zero attached hydrogens (tertiary/aromatic N) is 1. The molecule has 299 valence electrons. The molecule has 5 aromatic rings. The van der Waals surface area contributed by atoms with Gasteiger partial charge in [0, 0.05) is 59.5 Å². The van der Waals surface area contributed by atoms with Crippen LogP contribution in [0.1, 0.15) is 105 Å². The molecule has 0 aliphatic heterocycles. The Labute approximate surface area is 342 Å². The minimum absolute atomic E-state index is 0. The number of ketones is 1. The molecule has 0 bridgehead atoms. The Morgan fingerprint density at radius 2 is 1.47 bits per heavy atom. The van der Waals surface area contributed by atoms with Gasteiger partial charge in [0.15, 0.2) is 5.78 Å². The summed E-state index contributed by atoms with van der Waals surface area (Å²) in [6.45, 7) is 19.0. The number of aliphatic hydroxyl groups excluding tert-OH is 1. The molecular formula is C46H54F4IrNO2S-. The van der Waals surface area contributed by atoms with E-state index in [1.165, 1.54) is 32.1 Å². The summed E-state index contributed by atoms with van der Waals surface area (Å²) in [6, 6.07) is 19.7. The molecule has 55 heavy (non-hydrogen) atoms. The van der Waals surface area contributed by atoms with Crippen molar-refractivity contribution in [1.29, 1.82) is 0 Å². The number of aryl methyl sites for hydroxylation is 1. The number of hydrogen-bond acceptors (Lipinski definition) is 4. The van der Waals surface area contributed by atoms with E-state index in [9.17, 15) is 27.5 Å². The molecule has 3 aromatic carbocycles. The number of thiophene rings is 1. The fraction of sp³-hybridized carbons (Fsp3) is 0.435. The number of hydrogen-bond donors (Lipinski definition) is 1. The summed E-state index contributed by atoms with van der Waals surface area (Å²) in [5.74, 6) is 0.240. The molecule has 2 heterocycles. The zero-order chi connectivity index (χ0) is 40.2. The Morgan fingerprint density at radius 1 is 0.873 bits per heavy atom. The molecular weight excluding hydrogens is 899 g/mol. The molecule has 9 heteroatoms. The van der Waals surface area contributed by atoms with Crippen LogP contribution in [0.2, 0.25) is 0 Å². The maximum atomic E-state index is 14.2. The van der Waals surface area contributed by atoms with Gasteiger partial charge >= 0.3 is 6.18 Å². The average molecular weight is 953 g/mol. The van der Waals surface area contributed by atoms with Crippen LogP contribution in [0.25, 0.3) is 42.6 Å². The number of benzene rings is 3. The summed E-state index contributed by atoms with van der Waals surface area (Å²) in [7, 11) is 0. The number of rotatable bonds is 11. The number of alkyl halides is 3. The summed E-state index contributed by atoms with van der Waals surface area (Å²) in [4.78, 5) is 17.5. The van der Waals surface area contributed by atoms with Crippen molar-refractivity contribution in [1.82, 2.24) is 4.98 Å². The van der Waals surface area contributed by atoms with Crippen LogP contribution in [0.5, 0.6) is 0 Å². The molecule has 2 aromatic heterocycles. The molecule has 3 nitrogen and oxygen atoms in total. The topological polar surface area (TPSA) is 50.2 Å². The smallest absolute Gasteiger partial charge is 0.394 e. The number of fused-ring (bicyclic) bond motifs is 2. The molecule has 1 radical (unpaired) electrons. The van der Waals surface area contributed by atoms with E-state index in [2.05, 4.69) is 39.8 Å². The van der Waals surface area contributed by atoms with Crippen LogP contribution < -0.4 is 0 Å². The molecule has 0 aliphatic carbocycles. The Balaban J connectivity index is 0.000000433. The van der Waals surface area contributed by atoms with Crippen molar-refractivity contribution >= 4 is 38.0 Å². The van der Waals surface area contributed by atoms with Crippen LogP contribution in [-0.4, -0.2) is 22.1 Å². The Kier molecular flexibility index (Phi) is 15.6. The maximum Gasteiger partial charge on any atom is 0.394 e. The molecule has 0 saturated carbocycles. The second-order valence-corrected chi connectivity index (χ2v) is 16.9. The predicted octanol–water partition coefficient (Wildman–Crippen LogP) is 14.3. The van der Waals surface area contributed by atoms with Crippen molar-refractivity contribution in [2.45, 2.75) is 113 Å². The first-order valence-corrected chi connectivity index (χ1v) is 19.7. The van der Waals surface area contributed by atoms with Gasteiger partial charge < -0.3 is 5.11 Å². The van der Waals surface area contributed by atoms with Crippen molar-refractivity contribution in [3.8, 4) is 21.7 Å². The Hall–Kier alpha value is -3.39. The van der Waals surface area contributed by atoms with Crippen molar-refractivity contribution in [2.24, 2.45) is 17.3 Å². The fourth-order valence-electron chi connectivity index (χ4n) is 6.79. The van der Waals surface area contributed by atoms with E-state index in [0.717, 1.165) is 74.0 Å². The van der Waals surface area contributed by atoms with Crippen molar-refractivity contribution in [2.75, 3.05) is 0 Å². The SMILES string of the molecule is CCC(CC)C(=O)/C=C(\O)C(CC)CC.Cc1c(-c2ccc(CC(C)(C)C(F)(F)F)cc2)sc2c(-c3[c-]c4cc(F)ccc4c(C(C)(C)C)c3)nccc12.[Ir]. The van der Waals surface area contributed by atoms with E-state index in [0.29, 0.717) is 10.9 Å². The van der Waals surface area contributed by atoms with E-state index in [1.807, 2.05) is 52.0 Å². The third kappa shape index (κ3) is 10.7. The number of halogens is 4. The van der Waals surface area contributed by atoms with E-state index < -0.39 is 11.6 Å². The first-order valence-electron chi connectivity index (χ1n) is 18.9. The fourth-order valence-corrected chi connectivity index (χ4v) is 8.10. The molecule has 0 aliphatic rings. The standard InChI is InChI=1S/C33H30F4NS.C13H24O2.Ir/c1-19-25-13-14-38-28(23-15-22-16-24(34)11-12-26(22)27(17-23)31(2,3)4)30(25)39-29(19)21-9-7-20(8-10-21)18-32(5,6)33(35,36)37;1-5-10(6-2)12(14)9-13(15)11(7-3)8-4;/h7-14,16-17H,18H2,1-6H3;9-11,14H,5-8H2,1-4H3;/q-1;;/b;12-9-;. The minimum Gasteiger partial charge on any atom is -0.512 e. The van der Waals surface area contributed by atoms with Crippen molar-refractivity contribution in [3.05, 3.63) is 101 Å².